The van der Waals surface area contributed by atoms with E-state index in [9.17, 15) is 9.32 Å². The maximum absolute atomic E-state index is 12.2. The minimum atomic E-state index is -1.17. The van der Waals surface area contributed by atoms with Gasteiger partial charge in [-0.2, -0.15) is 0 Å². The first-order valence-corrected chi connectivity index (χ1v) is 10.4. The third-order valence-corrected chi connectivity index (χ3v) is 5.43. The van der Waals surface area contributed by atoms with Crippen LogP contribution in [0, 0.1) is 6.92 Å². The molecular weight excluding hydrogens is 344 g/mol. The number of hydrogen-bond acceptors (Lipinski definition) is 3. The molecule has 4 heteroatoms. The van der Waals surface area contributed by atoms with Gasteiger partial charge in [0.15, 0.2) is 0 Å². The smallest absolute Gasteiger partial charge is 0.0839 e. The first-order chi connectivity index (χ1) is 12.6. The Labute approximate surface area is 159 Å². The zero-order valence-electron chi connectivity index (χ0n) is 15.3. The van der Waals surface area contributed by atoms with Crippen molar-refractivity contribution in [3.05, 3.63) is 77.9 Å². The maximum atomic E-state index is 12.2. The highest BCUT2D eigenvalue weighted by Crippen LogP contribution is 2.10. The molecule has 140 valence electrons. The van der Waals surface area contributed by atoms with Gasteiger partial charge in [0.25, 0.3) is 0 Å². The Bertz CT molecular complexity index is 680. The zero-order chi connectivity index (χ0) is 18.6. The summed E-state index contributed by atoms with van der Waals surface area (Å²) in [5.74, 6) is 0.236. The summed E-state index contributed by atoms with van der Waals surface area (Å²) in [6, 6.07) is 17.7. The molecule has 2 aromatic carbocycles. The van der Waals surface area contributed by atoms with E-state index in [0.717, 1.165) is 36.3 Å². The predicted octanol–water partition coefficient (Wildman–Crippen LogP) is 4.41. The molecule has 2 rings (SSSR count). The highest BCUT2D eigenvalue weighted by atomic mass is 32.2. The third kappa shape index (κ3) is 8.09. The van der Waals surface area contributed by atoms with Crippen LogP contribution < -0.4 is 0 Å². The Morgan fingerprint density at radius 3 is 2.54 bits per heavy atom. The van der Waals surface area contributed by atoms with E-state index in [2.05, 4.69) is 12.1 Å². The number of aliphatic hydroxyl groups excluding tert-OH is 1. The Hall–Kier alpha value is -1.75. The Balaban J connectivity index is 1.55. The molecule has 0 radical (unpaired) electrons. The van der Waals surface area contributed by atoms with Crippen molar-refractivity contribution in [3.63, 3.8) is 0 Å². The van der Waals surface area contributed by atoms with Crippen molar-refractivity contribution in [1.82, 2.24) is 0 Å². The van der Waals surface area contributed by atoms with Gasteiger partial charge in [-0.05, 0) is 43.9 Å². The first kappa shape index (κ1) is 20.6. The molecule has 0 spiro atoms. The third-order valence-electron chi connectivity index (χ3n) is 3.99. The Kier molecular flexibility index (Phi) is 9.32. The second-order valence-corrected chi connectivity index (χ2v) is 7.85. The highest BCUT2D eigenvalue weighted by Gasteiger charge is 2.08. The van der Waals surface area contributed by atoms with E-state index in [4.69, 9.17) is 4.74 Å². The zero-order valence-corrected chi connectivity index (χ0v) is 16.2. The lowest BCUT2D eigenvalue weighted by Crippen LogP contribution is -2.14. The topological polar surface area (TPSA) is 46.5 Å². The molecule has 0 aliphatic carbocycles. The van der Waals surface area contributed by atoms with Crippen molar-refractivity contribution in [3.8, 4) is 0 Å². The summed E-state index contributed by atoms with van der Waals surface area (Å²) in [5.41, 5.74) is 2.33. The summed E-state index contributed by atoms with van der Waals surface area (Å²) in [6.07, 6.45) is 5.93. The molecule has 0 heterocycles. The van der Waals surface area contributed by atoms with Gasteiger partial charge in [0.05, 0.1) is 29.3 Å². The van der Waals surface area contributed by atoms with Crippen LogP contribution in [0.2, 0.25) is 0 Å². The number of aliphatic hydroxyl groups is 1. The number of unbranched alkanes of at least 4 members (excludes halogenated alkanes) is 2. The van der Waals surface area contributed by atoms with E-state index in [0.29, 0.717) is 6.61 Å². The van der Waals surface area contributed by atoms with Crippen molar-refractivity contribution < 1.29 is 14.1 Å². The number of benzene rings is 2. The monoisotopic (exact) mass is 372 g/mol. The van der Waals surface area contributed by atoms with E-state index in [1.165, 1.54) is 5.56 Å². The average Bonchev–Trinajstić information content (AvgIpc) is 2.65. The molecule has 2 atom stereocenters. The van der Waals surface area contributed by atoms with E-state index in [-0.39, 0.29) is 5.75 Å². The summed E-state index contributed by atoms with van der Waals surface area (Å²) < 4.78 is 17.8. The van der Waals surface area contributed by atoms with Crippen molar-refractivity contribution in [1.29, 1.82) is 0 Å². The fourth-order valence-corrected chi connectivity index (χ4v) is 3.53. The molecule has 0 bridgehead atoms. The van der Waals surface area contributed by atoms with Gasteiger partial charge in [-0.1, -0.05) is 60.2 Å². The summed E-state index contributed by atoms with van der Waals surface area (Å²) in [6.45, 7) is 3.39. The maximum Gasteiger partial charge on any atom is 0.0839 e. The van der Waals surface area contributed by atoms with Gasteiger partial charge in [0.1, 0.15) is 0 Å². The molecule has 3 nitrogen and oxygen atoms in total. The van der Waals surface area contributed by atoms with Crippen molar-refractivity contribution in [2.24, 2.45) is 0 Å². The fourth-order valence-electron chi connectivity index (χ4n) is 2.48. The van der Waals surface area contributed by atoms with Crippen LogP contribution in [0.15, 0.2) is 71.6 Å². The highest BCUT2D eigenvalue weighted by molar-refractivity contribution is 7.85. The predicted molar refractivity (Wildman–Crippen MR) is 108 cm³/mol. The van der Waals surface area contributed by atoms with Gasteiger partial charge >= 0.3 is 0 Å². The second-order valence-electron chi connectivity index (χ2n) is 6.35. The molecule has 0 saturated carbocycles. The minimum absolute atomic E-state index is 0.236. The lowest BCUT2D eigenvalue weighted by atomic mass is 10.2. The van der Waals surface area contributed by atoms with Crippen molar-refractivity contribution in [2.75, 3.05) is 12.4 Å². The van der Waals surface area contributed by atoms with Crippen molar-refractivity contribution in [2.45, 2.75) is 43.8 Å². The van der Waals surface area contributed by atoms with Gasteiger partial charge in [-0.25, -0.2) is 0 Å². The lowest BCUT2D eigenvalue weighted by molar-refractivity contribution is 0.117. The van der Waals surface area contributed by atoms with Gasteiger partial charge in [-0.3, -0.25) is 4.21 Å². The van der Waals surface area contributed by atoms with Crippen LogP contribution in [0.5, 0.6) is 0 Å². The molecule has 0 aliphatic heterocycles. The molecule has 0 fully saturated rings. The molecule has 2 aromatic rings. The number of allylic oxidation sites excluding steroid dienone is 1. The number of ether oxygens (including phenoxy) is 1. The molecule has 1 N–H and O–H groups in total. The Morgan fingerprint density at radius 2 is 1.81 bits per heavy atom. The molecule has 0 aliphatic rings. The van der Waals surface area contributed by atoms with E-state index in [1.54, 1.807) is 6.08 Å². The molecule has 0 amide bonds. The van der Waals surface area contributed by atoms with Crippen LogP contribution in [0.4, 0.5) is 0 Å². The summed E-state index contributed by atoms with van der Waals surface area (Å²) in [7, 11) is -1.17. The van der Waals surface area contributed by atoms with Gasteiger partial charge in [-0.15, -0.1) is 0 Å². The number of aryl methyl sites for hydroxylation is 1. The number of rotatable bonds is 11. The SMILES string of the molecule is Cc1ccc([S@](=O)C[C@H](O)/C=C/CCCCOCc2ccccc2)cc1. The normalized spacial score (nSPS) is 13.8. The first-order valence-electron chi connectivity index (χ1n) is 9.06. The number of hydrogen-bond donors (Lipinski definition) is 1. The van der Waals surface area contributed by atoms with Gasteiger partial charge in [0.2, 0.25) is 0 Å². The quantitative estimate of drug-likeness (QED) is 0.469. The summed E-state index contributed by atoms with van der Waals surface area (Å²) >= 11 is 0. The molecule has 0 saturated heterocycles. The van der Waals surface area contributed by atoms with Crippen LogP contribution in [-0.2, 0) is 22.1 Å². The van der Waals surface area contributed by atoms with Crippen LogP contribution in [-0.4, -0.2) is 27.8 Å². The minimum Gasteiger partial charge on any atom is -0.388 e. The van der Waals surface area contributed by atoms with Gasteiger partial charge < -0.3 is 9.84 Å². The van der Waals surface area contributed by atoms with Crippen LogP contribution >= 0.6 is 0 Å². The molecule has 0 unspecified atom stereocenters. The summed E-state index contributed by atoms with van der Waals surface area (Å²) in [4.78, 5) is 0.763. The largest absolute Gasteiger partial charge is 0.388 e. The lowest BCUT2D eigenvalue weighted by Gasteiger charge is -2.06. The summed E-state index contributed by atoms with van der Waals surface area (Å²) in [5, 5.41) is 10.00. The molecule has 0 aromatic heterocycles. The molecule has 26 heavy (non-hydrogen) atoms. The second kappa shape index (κ2) is 11.8. The van der Waals surface area contributed by atoms with Crippen LogP contribution in [0.3, 0.4) is 0 Å². The standard InChI is InChI=1S/C22H28O3S/c1-19-12-14-22(15-13-19)26(24)18-21(23)11-7-2-3-8-16-25-17-20-9-5-4-6-10-20/h4-7,9-15,21,23H,2-3,8,16-18H2,1H3/b11-7+/t21-,26-/m1/s1. The Morgan fingerprint density at radius 1 is 1.08 bits per heavy atom. The van der Waals surface area contributed by atoms with E-state index >= 15 is 0 Å². The average molecular weight is 373 g/mol. The van der Waals surface area contributed by atoms with E-state index in [1.807, 2.05) is 55.5 Å². The van der Waals surface area contributed by atoms with Crippen LogP contribution in [0.25, 0.3) is 0 Å². The van der Waals surface area contributed by atoms with Crippen LogP contribution in [0.1, 0.15) is 30.4 Å². The van der Waals surface area contributed by atoms with E-state index < -0.39 is 16.9 Å². The van der Waals surface area contributed by atoms with Crippen molar-refractivity contribution >= 4 is 10.8 Å². The van der Waals surface area contributed by atoms with Gasteiger partial charge in [0, 0.05) is 11.5 Å². The molecular formula is C22H28O3S. The fraction of sp³-hybridized carbons (Fsp3) is 0.364.